The molecule has 1 aromatic carbocycles. The van der Waals surface area contributed by atoms with Gasteiger partial charge in [-0.2, -0.15) is 9.78 Å². The first kappa shape index (κ1) is 11.2. The SMILES string of the molecule is CCOC(=O)n1ncc2ccc(O)c(I)c21. The van der Waals surface area contributed by atoms with Gasteiger partial charge in [-0.15, -0.1) is 0 Å². The number of hydrogen-bond donors (Lipinski definition) is 1. The molecule has 6 heteroatoms. The molecule has 84 valence electrons. The molecule has 0 fully saturated rings. The van der Waals surface area contributed by atoms with Gasteiger partial charge >= 0.3 is 6.09 Å². The molecule has 0 spiro atoms. The Morgan fingerprint density at radius 2 is 2.38 bits per heavy atom. The average Bonchev–Trinajstić information content (AvgIpc) is 2.68. The molecular formula is C10H9IN2O3. The number of nitrogens with zero attached hydrogens (tertiary/aromatic N) is 2. The quantitative estimate of drug-likeness (QED) is 0.815. The third-order valence-corrected chi connectivity index (χ3v) is 3.16. The van der Waals surface area contributed by atoms with E-state index in [4.69, 9.17) is 4.74 Å². The Balaban J connectivity index is 2.63. The molecule has 0 saturated carbocycles. The number of halogens is 1. The fraction of sp³-hybridized carbons (Fsp3) is 0.200. The molecule has 2 aromatic rings. The predicted octanol–water partition coefficient (Wildman–Crippen LogP) is 2.35. The lowest BCUT2D eigenvalue weighted by molar-refractivity contribution is 0.151. The van der Waals surface area contributed by atoms with Gasteiger partial charge in [-0.25, -0.2) is 4.79 Å². The second kappa shape index (κ2) is 4.28. The van der Waals surface area contributed by atoms with Crippen LogP contribution in [-0.2, 0) is 4.74 Å². The number of ether oxygens (including phenoxy) is 1. The van der Waals surface area contributed by atoms with Crippen LogP contribution in [0.3, 0.4) is 0 Å². The molecule has 0 aliphatic rings. The van der Waals surface area contributed by atoms with Crippen LogP contribution < -0.4 is 0 Å². The Morgan fingerprint density at radius 3 is 3.06 bits per heavy atom. The summed E-state index contributed by atoms with van der Waals surface area (Å²) in [5.74, 6) is 0.124. The van der Waals surface area contributed by atoms with Crippen LogP contribution in [0, 0.1) is 3.57 Å². The van der Waals surface area contributed by atoms with Gasteiger partial charge in [0.05, 0.1) is 21.9 Å². The summed E-state index contributed by atoms with van der Waals surface area (Å²) in [5, 5.41) is 14.3. The van der Waals surface area contributed by atoms with Crippen LogP contribution in [-0.4, -0.2) is 27.6 Å². The van der Waals surface area contributed by atoms with E-state index in [1.807, 2.05) is 22.6 Å². The summed E-state index contributed by atoms with van der Waals surface area (Å²) in [5.41, 5.74) is 0.569. The van der Waals surface area contributed by atoms with E-state index in [1.54, 1.807) is 25.3 Å². The summed E-state index contributed by atoms with van der Waals surface area (Å²) < 4.78 is 6.60. The standard InChI is InChI=1S/C10H9IN2O3/c1-2-16-10(15)13-9-6(5-12-13)3-4-7(14)8(9)11/h3-5,14H,2H2,1H3. The molecule has 2 rings (SSSR count). The van der Waals surface area contributed by atoms with E-state index < -0.39 is 6.09 Å². The zero-order chi connectivity index (χ0) is 11.7. The van der Waals surface area contributed by atoms with Crippen molar-refractivity contribution in [1.29, 1.82) is 0 Å². The summed E-state index contributed by atoms with van der Waals surface area (Å²) >= 11 is 1.97. The van der Waals surface area contributed by atoms with Crippen molar-refractivity contribution < 1.29 is 14.6 Å². The van der Waals surface area contributed by atoms with E-state index in [-0.39, 0.29) is 12.4 Å². The van der Waals surface area contributed by atoms with Crippen molar-refractivity contribution in [3.63, 3.8) is 0 Å². The lowest BCUT2D eigenvalue weighted by atomic mass is 10.2. The van der Waals surface area contributed by atoms with Gasteiger partial charge in [0, 0.05) is 5.39 Å². The molecule has 0 amide bonds. The van der Waals surface area contributed by atoms with Crippen molar-refractivity contribution in [2.45, 2.75) is 6.92 Å². The number of phenolic OH excluding ortho intramolecular Hbond substituents is 1. The normalized spacial score (nSPS) is 10.6. The van der Waals surface area contributed by atoms with Crippen molar-refractivity contribution in [1.82, 2.24) is 9.78 Å². The number of aromatic nitrogens is 2. The second-order valence-corrected chi connectivity index (χ2v) is 4.17. The highest BCUT2D eigenvalue weighted by Crippen LogP contribution is 2.28. The van der Waals surface area contributed by atoms with E-state index in [9.17, 15) is 9.90 Å². The largest absolute Gasteiger partial charge is 0.507 e. The monoisotopic (exact) mass is 332 g/mol. The molecule has 0 saturated heterocycles. The first-order valence-electron chi connectivity index (χ1n) is 4.67. The lowest BCUT2D eigenvalue weighted by Crippen LogP contribution is -2.15. The van der Waals surface area contributed by atoms with Crippen LogP contribution in [0.4, 0.5) is 4.79 Å². The molecule has 0 aliphatic heterocycles. The van der Waals surface area contributed by atoms with E-state index in [2.05, 4.69) is 5.10 Å². The zero-order valence-corrected chi connectivity index (χ0v) is 10.6. The van der Waals surface area contributed by atoms with Gasteiger partial charge < -0.3 is 9.84 Å². The smallest absolute Gasteiger partial charge is 0.435 e. The summed E-state index contributed by atoms with van der Waals surface area (Å²) in [6, 6.07) is 3.27. The first-order chi connectivity index (χ1) is 7.65. The number of carbonyl (C=O) groups excluding carboxylic acids is 1. The molecule has 1 aromatic heterocycles. The van der Waals surface area contributed by atoms with Crippen LogP contribution in [0.1, 0.15) is 6.92 Å². The van der Waals surface area contributed by atoms with Crippen LogP contribution in [0.25, 0.3) is 10.9 Å². The minimum atomic E-state index is -0.541. The molecule has 16 heavy (non-hydrogen) atoms. The Morgan fingerprint density at radius 1 is 1.62 bits per heavy atom. The Bertz CT molecular complexity index is 550. The number of hydrogen-bond acceptors (Lipinski definition) is 4. The molecule has 1 N–H and O–H groups in total. The maximum absolute atomic E-state index is 11.6. The minimum absolute atomic E-state index is 0.124. The van der Waals surface area contributed by atoms with Crippen molar-refractivity contribution in [3.05, 3.63) is 21.9 Å². The molecule has 5 nitrogen and oxygen atoms in total. The fourth-order valence-electron chi connectivity index (χ4n) is 1.39. The van der Waals surface area contributed by atoms with Gasteiger partial charge in [-0.1, -0.05) is 0 Å². The number of rotatable bonds is 1. The van der Waals surface area contributed by atoms with Crippen molar-refractivity contribution in [2.24, 2.45) is 0 Å². The van der Waals surface area contributed by atoms with Gasteiger partial charge in [-0.3, -0.25) is 0 Å². The molecule has 0 unspecified atom stereocenters. The van der Waals surface area contributed by atoms with Gasteiger partial charge in [0.2, 0.25) is 0 Å². The van der Waals surface area contributed by atoms with Crippen LogP contribution in [0.5, 0.6) is 5.75 Å². The van der Waals surface area contributed by atoms with Crippen LogP contribution in [0.2, 0.25) is 0 Å². The van der Waals surface area contributed by atoms with Crippen LogP contribution >= 0.6 is 22.6 Å². The molecular weight excluding hydrogens is 323 g/mol. The van der Waals surface area contributed by atoms with Gasteiger partial charge in [-0.05, 0) is 41.6 Å². The average molecular weight is 332 g/mol. The van der Waals surface area contributed by atoms with Crippen molar-refractivity contribution in [2.75, 3.05) is 6.61 Å². The lowest BCUT2D eigenvalue weighted by Gasteiger charge is -2.04. The Labute approximate surface area is 105 Å². The fourth-order valence-corrected chi connectivity index (χ4v) is 2.11. The maximum atomic E-state index is 11.6. The number of benzene rings is 1. The number of fused-ring (bicyclic) bond motifs is 1. The highest BCUT2D eigenvalue weighted by molar-refractivity contribution is 14.1. The Kier molecular flexibility index (Phi) is 2.99. The van der Waals surface area contributed by atoms with Gasteiger partial charge in [0.1, 0.15) is 5.75 Å². The summed E-state index contributed by atoms with van der Waals surface area (Å²) in [6.45, 7) is 2.02. The summed E-state index contributed by atoms with van der Waals surface area (Å²) in [4.78, 5) is 11.6. The highest BCUT2D eigenvalue weighted by atomic mass is 127. The predicted molar refractivity (Wildman–Crippen MR) is 66.5 cm³/mol. The molecule has 0 aliphatic carbocycles. The van der Waals surface area contributed by atoms with Gasteiger partial charge in [0.25, 0.3) is 0 Å². The minimum Gasteiger partial charge on any atom is -0.507 e. The van der Waals surface area contributed by atoms with Crippen molar-refractivity contribution in [3.8, 4) is 5.75 Å². The maximum Gasteiger partial charge on any atom is 0.435 e. The number of phenols is 1. The van der Waals surface area contributed by atoms with E-state index in [0.717, 1.165) is 10.1 Å². The Hall–Kier alpha value is -1.31. The van der Waals surface area contributed by atoms with E-state index in [0.29, 0.717) is 9.09 Å². The topological polar surface area (TPSA) is 64.4 Å². The van der Waals surface area contributed by atoms with E-state index in [1.165, 1.54) is 0 Å². The number of aromatic hydroxyl groups is 1. The second-order valence-electron chi connectivity index (χ2n) is 3.09. The summed E-state index contributed by atoms with van der Waals surface area (Å²) in [7, 11) is 0. The molecule has 1 heterocycles. The first-order valence-corrected chi connectivity index (χ1v) is 5.75. The third-order valence-electron chi connectivity index (χ3n) is 2.09. The molecule has 0 atom stereocenters. The van der Waals surface area contributed by atoms with Gasteiger partial charge in [0.15, 0.2) is 0 Å². The summed E-state index contributed by atoms with van der Waals surface area (Å²) in [6.07, 6.45) is 1.02. The molecule has 0 radical (unpaired) electrons. The van der Waals surface area contributed by atoms with Crippen LogP contribution in [0.15, 0.2) is 18.3 Å². The third kappa shape index (κ3) is 1.73. The zero-order valence-electron chi connectivity index (χ0n) is 8.48. The van der Waals surface area contributed by atoms with Crippen molar-refractivity contribution >= 4 is 39.6 Å². The number of carbonyl (C=O) groups is 1. The van der Waals surface area contributed by atoms with E-state index >= 15 is 0 Å². The molecule has 0 bridgehead atoms. The highest BCUT2D eigenvalue weighted by Gasteiger charge is 2.15.